The van der Waals surface area contributed by atoms with Gasteiger partial charge in [-0.15, -0.1) is 10.2 Å². The first-order chi connectivity index (χ1) is 13.1. The zero-order valence-corrected chi connectivity index (χ0v) is 16.4. The van der Waals surface area contributed by atoms with Crippen LogP contribution in [0.2, 0.25) is 0 Å². The maximum absolute atomic E-state index is 12.3. The number of carbonyl (C=O) groups excluding carboxylic acids is 1. The van der Waals surface area contributed by atoms with E-state index < -0.39 is 0 Å². The van der Waals surface area contributed by atoms with Gasteiger partial charge in [-0.3, -0.25) is 4.79 Å². The lowest BCUT2D eigenvalue weighted by Gasteiger charge is -2.34. The van der Waals surface area contributed by atoms with Crippen molar-refractivity contribution < 1.29 is 4.79 Å². The van der Waals surface area contributed by atoms with E-state index in [0.29, 0.717) is 24.6 Å². The van der Waals surface area contributed by atoms with Gasteiger partial charge in [0.2, 0.25) is 0 Å². The average molecular weight is 368 g/mol. The minimum absolute atomic E-state index is 0.0874. The van der Waals surface area contributed by atoms with E-state index in [2.05, 4.69) is 44.5 Å². The van der Waals surface area contributed by atoms with Gasteiger partial charge in [-0.25, -0.2) is 0 Å². The SMILES string of the molecule is CCN(CC)C(=O)c1ccc(Nc2ccc(N3CCN(C)CC3)cc2)nn1. The van der Waals surface area contributed by atoms with E-state index in [4.69, 9.17) is 0 Å². The van der Waals surface area contributed by atoms with Crippen LogP contribution < -0.4 is 10.2 Å². The molecule has 1 N–H and O–H groups in total. The Labute approximate surface area is 161 Å². The Balaban J connectivity index is 1.61. The second kappa shape index (κ2) is 8.81. The van der Waals surface area contributed by atoms with Crippen LogP contribution in [-0.4, -0.2) is 72.2 Å². The van der Waals surface area contributed by atoms with Crippen molar-refractivity contribution in [2.24, 2.45) is 0 Å². The summed E-state index contributed by atoms with van der Waals surface area (Å²) in [7, 11) is 2.16. The topological polar surface area (TPSA) is 64.6 Å². The lowest BCUT2D eigenvalue weighted by molar-refractivity contribution is 0.0766. The van der Waals surface area contributed by atoms with Crippen LogP contribution in [0, 0.1) is 0 Å². The van der Waals surface area contributed by atoms with Gasteiger partial charge in [0, 0.05) is 50.6 Å². The number of amides is 1. The van der Waals surface area contributed by atoms with E-state index in [1.54, 1.807) is 17.0 Å². The third-order valence-corrected chi connectivity index (χ3v) is 4.94. The van der Waals surface area contributed by atoms with Gasteiger partial charge in [-0.1, -0.05) is 0 Å². The highest BCUT2D eigenvalue weighted by Gasteiger charge is 2.15. The maximum Gasteiger partial charge on any atom is 0.274 e. The van der Waals surface area contributed by atoms with Crippen molar-refractivity contribution in [2.75, 3.05) is 56.5 Å². The van der Waals surface area contributed by atoms with E-state index in [1.807, 2.05) is 26.0 Å². The summed E-state index contributed by atoms with van der Waals surface area (Å²) >= 11 is 0. The summed E-state index contributed by atoms with van der Waals surface area (Å²) in [5.74, 6) is 0.536. The normalized spacial score (nSPS) is 14.9. The predicted molar refractivity (Wildman–Crippen MR) is 109 cm³/mol. The number of aromatic nitrogens is 2. The fourth-order valence-corrected chi connectivity index (χ4v) is 3.15. The lowest BCUT2D eigenvalue weighted by Crippen LogP contribution is -2.44. The Bertz CT molecular complexity index is 734. The number of hydrogen-bond donors (Lipinski definition) is 1. The summed E-state index contributed by atoms with van der Waals surface area (Å²) in [6, 6.07) is 11.8. The van der Waals surface area contributed by atoms with Crippen molar-refractivity contribution in [2.45, 2.75) is 13.8 Å². The maximum atomic E-state index is 12.3. The number of carbonyl (C=O) groups is 1. The van der Waals surface area contributed by atoms with Crippen LogP contribution in [0.5, 0.6) is 0 Å². The molecule has 2 heterocycles. The van der Waals surface area contributed by atoms with Crippen LogP contribution in [-0.2, 0) is 0 Å². The fourth-order valence-electron chi connectivity index (χ4n) is 3.15. The smallest absolute Gasteiger partial charge is 0.274 e. The van der Waals surface area contributed by atoms with Gasteiger partial charge in [0.05, 0.1) is 0 Å². The van der Waals surface area contributed by atoms with E-state index in [9.17, 15) is 4.79 Å². The molecule has 3 rings (SSSR count). The molecule has 0 aliphatic carbocycles. The van der Waals surface area contributed by atoms with Gasteiger partial charge in [0.15, 0.2) is 11.5 Å². The molecule has 144 valence electrons. The first kappa shape index (κ1) is 19.1. The van der Waals surface area contributed by atoms with Gasteiger partial charge < -0.3 is 20.0 Å². The number of hydrogen-bond acceptors (Lipinski definition) is 6. The molecule has 1 amide bonds. The highest BCUT2D eigenvalue weighted by Crippen LogP contribution is 2.21. The highest BCUT2D eigenvalue weighted by molar-refractivity contribution is 5.92. The van der Waals surface area contributed by atoms with Gasteiger partial charge in [-0.05, 0) is 57.3 Å². The number of nitrogens with zero attached hydrogens (tertiary/aromatic N) is 5. The van der Waals surface area contributed by atoms with Crippen molar-refractivity contribution in [3.05, 3.63) is 42.1 Å². The molecule has 0 bridgehead atoms. The van der Waals surface area contributed by atoms with Gasteiger partial charge in [0.1, 0.15) is 0 Å². The van der Waals surface area contributed by atoms with Crippen LogP contribution in [0.3, 0.4) is 0 Å². The van der Waals surface area contributed by atoms with Crippen molar-refractivity contribution >= 4 is 23.1 Å². The van der Waals surface area contributed by atoms with Gasteiger partial charge in [0.25, 0.3) is 5.91 Å². The molecule has 2 aromatic rings. The zero-order valence-electron chi connectivity index (χ0n) is 16.4. The van der Waals surface area contributed by atoms with Crippen molar-refractivity contribution in [3.8, 4) is 0 Å². The molecule has 1 aromatic carbocycles. The Morgan fingerprint density at radius 2 is 1.67 bits per heavy atom. The van der Waals surface area contributed by atoms with E-state index >= 15 is 0 Å². The average Bonchev–Trinajstić information content (AvgIpc) is 2.71. The van der Waals surface area contributed by atoms with E-state index in [-0.39, 0.29) is 5.91 Å². The molecule has 0 spiro atoms. The molecule has 1 aliphatic heterocycles. The Kier molecular flexibility index (Phi) is 6.24. The number of piperazine rings is 1. The summed E-state index contributed by atoms with van der Waals surface area (Å²) in [4.78, 5) is 18.8. The Morgan fingerprint density at radius 1 is 1.00 bits per heavy atom. The summed E-state index contributed by atoms with van der Waals surface area (Å²) < 4.78 is 0. The number of anilines is 3. The van der Waals surface area contributed by atoms with Crippen molar-refractivity contribution in [3.63, 3.8) is 0 Å². The quantitative estimate of drug-likeness (QED) is 0.845. The Hall–Kier alpha value is -2.67. The molecule has 0 saturated carbocycles. The molecule has 1 aromatic heterocycles. The van der Waals surface area contributed by atoms with Crippen LogP contribution in [0.15, 0.2) is 36.4 Å². The molecular formula is C20H28N6O. The molecule has 0 atom stereocenters. The van der Waals surface area contributed by atoms with Crippen LogP contribution >= 0.6 is 0 Å². The van der Waals surface area contributed by atoms with Gasteiger partial charge >= 0.3 is 0 Å². The molecule has 1 fully saturated rings. The first-order valence-corrected chi connectivity index (χ1v) is 9.54. The van der Waals surface area contributed by atoms with Crippen LogP contribution in [0.4, 0.5) is 17.2 Å². The van der Waals surface area contributed by atoms with E-state index in [1.165, 1.54) is 5.69 Å². The molecule has 0 unspecified atom stereocenters. The monoisotopic (exact) mass is 368 g/mol. The van der Waals surface area contributed by atoms with Crippen LogP contribution in [0.25, 0.3) is 0 Å². The summed E-state index contributed by atoms with van der Waals surface area (Å²) in [6.45, 7) is 9.52. The highest BCUT2D eigenvalue weighted by atomic mass is 16.2. The fraction of sp³-hybridized carbons (Fsp3) is 0.450. The number of likely N-dealkylation sites (N-methyl/N-ethyl adjacent to an activating group) is 1. The molecule has 27 heavy (non-hydrogen) atoms. The summed E-state index contributed by atoms with van der Waals surface area (Å²) in [5.41, 5.74) is 2.56. The zero-order chi connectivity index (χ0) is 19.2. The molecular weight excluding hydrogens is 340 g/mol. The van der Waals surface area contributed by atoms with E-state index in [0.717, 1.165) is 31.9 Å². The summed E-state index contributed by atoms with van der Waals surface area (Å²) in [6.07, 6.45) is 0. The molecule has 1 saturated heterocycles. The summed E-state index contributed by atoms with van der Waals surface area (Å²) in [5, 5.41) is 11.5. The number of rotatable bonds is 6. The first-order valence-electron chi connectivity index (χ1n) is 9.54. The Morgan fingerprint density at radius 3 is 2.22 bits per heavy atom. The number of benzene rings is 1. The molecule has 1 aliphatic rings. The second-order valence-electron chi connectivity index (χ2n) is 6.74. The molecule has 0 radical (unpaired) electrons. The minimum Gasteiger partial charge on any atom is -0.369 e. The predicted octanol–water partition coefficient (Wildman–Crippen LogP) is 2.45. The third-order valence-electron chi connectivity index (χ3n) is 4.94. The second-order valence-corrected chi connectivity index (χ2v) is 6.74. The molecule has 7 heteroatoms. The van der Waals surface area contributed by atoms with Crippen molar-refractivity contribution in [1.29, 1.82) is 0 Å². The minimum atomic E-state index is -0.0874. The number of nitrogens with one attached hydrogen (secondary N) is 1. The van der Waals surface area contributed by atoms with Crippen LogP contribution in [0.1, 0.15) is 24.3 Å². The lowest BCUT2D eigenvalue weighted by atomic mass is 10.2. The van der Waals surface area contributed by atoms with Gasteiger partial charge in [-0.2, -0.15) is 0 Å². The molecule has 7 nitrogen and oxygen atoms in total. The standard InChI is InChI=1S/C20H28N6O/c1-4-25(5-2)20(27)18-10-11-19(23-22-18)21-16-6-8-17(9-7-16)26-14-12-24(3)13-15-26/h6-11H,4-5,12-15H2,1-3H3,(H,21,23). The largest absolute Gasteiger partial charge is 0.369 e. The third kappa shape index (κ3) is 4.74. The van der Waals surface area contributed by atoms with Crippen molar-refractivity contribution in [1.82, 2.24) is 20.0 Å².